The van der Waals surface area contributed by atoms with Crippen LogP contribution in [0.3, 0.4) is 0 Å². The number of likely N-dealkylation sites (N-methyl/N-ethyl adjacent to an activating group) is 1. The molecule has 0 spiro atoms. The third kappa shape index (κ3) is 10.6. The molecule has 4 aromatic rings. The Balaban J connectivity index is 0.00000326. The van der Waals surface area contributed by atoms with Crippen molar-refractivity contribution in [2.45, 2.75) is 64.3 Å². The van der Waals surface area contributed by atoms with Crippen LogP contribution in [0.15, 0.2) is 103 Å². The Kier molecular flexibility index (Phi) is 15.1. The van der Waals surface area contributed by atoms with Crippen LogP contribution < -0.4 is 42.4 Å². The van der Waals surface area contributed by atoms with Crippen LogP contribution in [0.2, 0.25) is 0 Å². The number of allylic oxidation sites excluding steroid dienone is 1. The minimum Gasteiger partial charge on any atom is -0.488 e. The number of nitrogens with one attached hydrogen (secondary N) is 2. The maximum Gasteiger partial charge on any atom is 0.249 e. The second-order valence-corrected chi connectivity index (χ2v) is 14.4. The highest BCUT2D eigenvalue weighted by atomic mass is 16.5. The number of nitrogens with zero attached hydrogens (tertiary/aromatic N) is 5. The third-order valence-corrected chi connectivity index (χ3v) is 10.7. The van der Waals surface area contributed by atoms with Gasteiger partial charge < -0.3 is 46.7 Å². The molecule has 14 nitrogen and oxygen atoms in total. The summed E-state index contributed by atoms with van der Waals surface area (Å²) in [7, 11) is 3.72. The van der Waals surface area contributed by atoms with Crippen LogP contribution in [-0.2, 0) is 21.0 Å². The monoisotopic (exact) mass is 800 g/mol. The number of para-hydroxylation sites is 1. The summed E-state index contributed by atoms with van der Waals surface area (Å²) in [6.07, 6.45) is 12.1. The van der Waals surface area contributed by atoms with Crippen molar-refractivity contribution in [2.75, 3.05) is 42.3 Å². The number of imide groups is 1. The SMILES string of the molecule is C=O.CCC1CN(C(/C=C(\N)c2ccccc2OCc2ccccc2)=C(N)N)CC(CC)N1c1ncc(/C=C/c2ccc(N(C)C3CCC(=O)NC3=O)c(NC)c2)cn1. The molecule has 8 N–H and O–H groups in total. The normalized spacial score (nSPS) is 18.1. The van der Waals surface area contributed by atoms with E-state index in [0.29, 0.717) is 55.6 Å². The van der Waals surface area contributed by atoms with Crippen LogP contribution in [0.4, 0.5) is 17.3 Å². The van der Waals surface area contributed by atoms with E-state index in [-0.39, 0.29) is 29.7 Å². The Morgan fingerprint density at radius 2 is 1.58 bits per heavy atom. The number of amides is 2. The van der Waals surface area contributed by atoms with E-state index >= 15 is 0 Å². The highest BCUT2D eigenvalue weighted by Gasteiger charge is 2.35. The van der Waals surface area contributed by atoms with E-state index in [4.69, 9.17) is 36.7 Å². The van der Waals surface area contributed by atoms with Gasteiger partial charge in [0.2, 0.25) is 17.8 Å². The standard InChI is InChI=1S/C44H54N10O3.CH2O/c1-5-32-26-53(39(42(46)47)23-35(45)34-14-10-11-15-40(34)57-28-30-12-8-7-9-13-30)27-33(6-2)54(32)44-49-24-31(25-50-44)17-16-29-18-19-37(36(22-29)48-3)52(4)38-20-21-41(55)51-43(38)56;1-2/h7-19,22-25,32-33,38,48H,5-6,20-21,26-28,45-47H2,1-4H3,(H,51,55,56);1H2/b17-16+,35-23-;. The van der Waals surface area contributed by atoms with E-state index in [1.807, 2.05) is 129 Å². The summed E-state index contributed by atoms with van der Waals surface area (Å²) in [6, 6.07) is 23.5. The van der Waals surface area contributed by atoms with Crippen molar-refractivity contribution in [1.82, 2.24) is 20.2 Å². The van der Waals surface area contributed by atoms with Gasteiger partial charge in [0.25, 0.3) is 0 Å². The fourth-order valence-corrected chi connectivity index (χ4v) is 7.51. The minimum absolute atomic E-state index is 0.0901. The number of hydrogen-bond acceptors (Lipinski definition) is 13. The van der Waals surface area contributed by atoms with E-state index in [1.165, 1.54) is 0 Å². The molecule has 6 rings (SSSR count). The zero-order valence-corrected chi connectivity index (χ0v) is 34.3. The maximum atomic E-state index is 12.5. The van der Waals surface area contributed by atoms with Gasteiger partial charge in [0, 0.05) is 74.9 Å². The number of nitrogens with two attached hydrogens (primary N) is 3. The van der Waals surface area contributed by atoms with E-state index in [2.05, 4.69) is 34.3 Å². The van der Waals surface area contributed by atoms with Crippen molar-refractivity contribution in [2.24, 2.45) is 17.2 Å². The fourth-order valence-electron chi connectivity index (χ4n) is 7.51. The van der Waals surface area contributed by atoms with E-state index < -0.39 is 6.04 Å². The molecular formula is C45H56N10O4. The molecule has 2 aliphatic heterocycles. The van der Waals surface area contributed by atoms with Gasteiger partial charge in [-0.05, 0) is 60.7 Å². The summed E-state index contributed by atoms with van der Waals surface area (Å²) in [6.45, 7) is 8.06. The minimum atomic E-state index is -0.415. The lowest BCUT2D eigenvalue weighted by Crippen LogP contribution is -2.59. The van der Waals surface area contributed by atoms with Gasteiger partial charge in [-0.25, -0.2) is 9.97 Å². The van der Waals surface area contributed by atoms with Crippen molar-refractivity contribution >= 4 is 53.8 Å². The van der Waals surface area contributed by atoms with Gasteiger partial charge in [0.1, 0.15) is 31.0 Å². The molecule has 2 fully saturated rings. The van der Waals surface area contributed by atoms with Crippen LogP contribution in [0.25, 0.3) is 17.8 Å². The molecule has 0 aliphatic carbocycles. The second-order valence-electron chi connectivity index (χ2n) is 14.4. The number of aromatic nitrogens is 2. The van der Waals surface area contributed by atoms with Crippen LogP contribution in [0.5, 0.6) is 5.75 Å². The van der Waals surface area contributed by atoms with Gasteiger partial charge in [-0.15, -0.1) is 0 Å². The Labute approximate surface area is 346 Å². The number of piperidine rings is 1. The number of ether oxygens (including phenoxy) is 1. The summed E-state index contributed by atoms with van der Waals surface area (Å²) >= 11 is 0. The predicted octanol–water partition coefficient (Wildman–Crippen LogP) is 5.09. The molecule has 3 atom stereocenters. The summed E-state index contributed by atoms with van der Waals surface area (Å²) < 4.78 is 6.19. The van der Waals surface area contributed by atoms with E-state index in [1.54, 1.807) is 0 Å². The molecule has 310 valence electrons. The molecular weight excluding hydrogens is 745 g/mol. The van der Waals surface area contributed by atoms with Crippen molar-refractivity contribution in [3.8, 4) is 5.75 Å². The summed E-state index contributed by atoms with van der Waals surface area (Å²) in [4.78, 5) is 48.3. The molecule has 2 aliphatic rings. The lowest BCUT2D eigenvalue weighted by molar-refractivity contribution is -0.134. The summed E-state index contributed by atoms with van der Waals surface area (Å²) in [5, 5.41) is 5.69. The molecule has 14 heteroatoms. The molecule has 0 saturated carbocycles. The molecule has 0 radical (unpaired) electrons. The number of benzene rings is 3. The highest BCUT2D eigenvalue weighted by molar-refractivity contribution is 6.02. The first-order valence-corrected chi connectivity index (χ1v) is 19.8. The van der Waals surface area contributed by atoms with Crippen molar-refractivity contribution in [3.63, 3.8) is 0 Å². The van der Waals surface area contributed by atoms with Crippen LogP contribution in [-0.4, -0.2) is 78.8 Å². The first-order chi connectivity index (χ1) is 28.6. The Morgan fingerprint density at radius 1 is 0.932 bits per heavy atom. The van der Waals surface area contributed by atoms with Gasteiger partial charge in [-0.1, -0.05) is 74.5 Å². The molecule has 3 heterocycles. The second kappa shape index (κ2) is 20.5. The smallest absolute Gasteiger partial charge is 0.249 e. The average Bonchev–Trinajstić information content (AvgIpc) is 3.27. The average molecular weight is 801 g/mol. The van der Waals surface area contributed by atoms with Crippen molar-refractivity contribution in [3.05, 3.63) is 125 Å². The Hall–Kier alpha value is -6.83. The van der Waals surface area contributed by atoms with Crippen LogP contribution in [0, 0.1) is 0 Å². The summed E-state index contributed by atoms with van der Waals surface area (Å²) in [5.41, 5.74) is 26.1. The maximum absolute atomic E-state index is 12.5. The van der Waals surface area contributed by atoms with Crippen LogP contribution in [0.1, 0.15) is 61.8 Å². The quantitative estimate of drug-likeness (QED) is 0.0836. The van der Waals surface area contributed by atoms with Crippen LogP contribution >= 0.6 is 0 Å². The number of anilines is 3. The van der Waals surface area contributed by atoms with E-state index in [0.717, 1.165) is 46.5 Å². The molecule has 59 heavy (non-hydrogen) atoms. The number of carbonyl (C=O) groups excluding carboxylic acids is 3. The molecule has 1 aromatic heterocycles. The van der Waals surface area contributed by atoms with Gasteiger partial charge in [0.05, 0.1) is 17.1 Å². The predicted molar refractivity (Wildman–Crippen MR) is 236 cm³/mol. The zero-order valence-electron chi connectivity index (χ0n) is 34.3. The van der Waals surface area contributed by atoms with E-state index in [9.17, 15) is 9.59 Å². The number of piperazine rings is 1. The number of rotatable bonds is 14. The Morgan fingerprint density at radius 3 is 2.20 bits per heavy atom. The first kappa shape index (κ1) is 43.3. The largest absolute Gasteiger partial charge is 0.488 e. The third-order valence-electron chi connectivity index (χ3n) is 10.7. The number of carbonyl (C=O) groups is 3. The van der Waals surface area contributed by atoms with Gasteiger partial charge in [-0.3, -0.25) is 14.9 Å². The van der Waals surface area contributed by atoms with Gasteiger partial charge >= 0.3 is 0 Å². The lowest BCUT2D eigenvalue weighted by Gasteiger charge is -2.47. The lowest BCUT2D eigenvalue weighted by atomic mass is 10.0. The highest BCUT2D eigenvalue weighted by Crippen LogP contribution is 2.32. The van der Waals surface area contributed by atoms with Crippen molar-refractivity contribution < 1.29 is 19.1 Å². The molecule has 0 bridgehead atoms. The summed E-state index contributed by atoms with van der Waals surface area (Å²) in [5.74, 6) is 1.05. The van der Waals surface area contributed by atoms with Gasteiger partial charge in [0.15, 0.2) is 0 Å². The Bertz CT molecular complexity index is 2120. The molecule has 3 aromatic carbocycles. The zero-order chi connectivity index (χ0) is 42.5. The van der Waals surface area contributed by atoms with Gasteiger partial charge in [-0.2, -0.15) is 0 Å². The molecule has 3 unspecified atom stereocenters. The molecule has 2 amide bonds. The topological polar surface area (TPSA) is 198 Å². The fraction of sp³-hybridized carbons (Fsp3) is 0.311. The molecule has 2 saturated heterocycles. The van der Waals surface area contributed by atoms with Crippen molar-refractivity contribution in [1.29, 1.82) is 0 Å². The number of hydrogen-bond donors (Lipinski definition) is 5. The first-order valence-electron chi connectivity index (χ1n) is 19.8.